The molecule has 2 N–H and O–H groups in total. The normalized spacial score (nSPS) is 25.2. The molecule has 1 aromatic rings. The van der Waals surface area contributed by atoms with Crippen molar-refractivity contribution in [3.8, 4) is 0 Å². The minimum Gasteiger partial charge on any atom is -0.338 e. The smallest absolute Gasteiger partial charge is 0.256 e. The van der Waals surface area contributed by atoms with Crippen LogP contribution < -0.4 is 10.6 Å². The van der Waals surface area contributed by atoms with Gasteiger partial charge in [0.25, 0.3) is 5.91 Å². The Kier molecular flexibility index (Phi) is 3.09. The first-order chi connectivity index (χ1) is 8.77. The highest BCUT2D eigenvalue weighted by atomic mass is 32.2. The van der Waals surface area contributed by atoms with Gasteiger partial charge in [0.2, 0.25) is 0 Å². The molecule has 0 radical (unpaired) electrons. The largest absolute Gasteiger partial charge is 0.338 e. The van der Waals surface area contributed by atoms with Gasteiger partial charge in [-0.25, -0.2) is 8.42 Å². The standard InChI is InChI=1S/C12H15N3O3S/c1-12(10(16)14-11(13-2)15-12)8-4-6-9(7-5-8)19(3,17)18/h4-7H,1-3H3,(H2,13,14,15,16). The van der Waals surface area contributed by atoms with Crippen molar-refractivity contribution in [3.63, 3.8) is 0 Å². The van der Waals surface area contributed by atoms with Gasteiger partial charge in [0, 0.05) is 13.3 Å². The quantitative estimate of drug-likeness (QED) is 0.799. The Balaban J connectivity index is 2.40. The summed E-state index contributed by atoms with van der Waals surface area (Å²) in [6.45, 7) is 1.72. The number of benzene rings is 1. The Morgan fingerprint density at radius 3 is 2.21 bits per heavy atom. The SMILES string of the molecule is CN=C1NC(=O)C(C)(c2ccc(S(C)(=O)=O)cc2)N1. The molecule has 1 atom stereocenters. The molecule has 7 heteroatoms. The van der Waals surface area contributed by atoms with Gasteiger partial charge in [0.05, 0.1) is 4.90 Å². The van der Waals surface area contributed by atoms with Crippen LogP contribution in [0.2, 0.25) is 0 Å². The summed E-state index contributed by atoms with van der Waals surface area (Å²) in [4.78, 5) is 16.1. The number of amides is 1. The summed E-state index contributed by atoms with van der Waals surface area (Å²) in [7, 11) is -1.67. The molecule has 1 amide bonds. The first-order valence-electron chi connectivity index (χ1n) is 5.64. The van der Waals surface area contributed by atoms with E-state index in [1.54, 1.807) is 26.1 Å². The average molecular weight is 281 g/mol. The second-order valence-electron chi connectivity index (χ2n) is 4.57. The second kappa shape index (κ2) is 4.34. The van der Waals surface area contributed by atoms with Gasteiger partial charge in [0.15, 0.2) is 15.8 Å². The molecule has 0 aliphatic carbocycles. The average Bonchev–Trinajstić information content (AvgIpc) is 2.65. The molecule has 1 heterocycles. The van der Waals surface area contributed by atoms with Crippen molar-refractivity contribution in [2.45, 2.75) is 17.4 Å². The fourth-order valence-electron chi connectivity index (χ4n) is 1.91. The third kappa shape index (κ3) is 2.33. The van der Waals surface area contributed by atoms with Crippen molar-refractivity contribution in [2.75, 3.05) is 13.3 Å². The first-order valence-corrected chi connectivity index (χ1v) is 7.53. The molecule has 0 saturated carbocycles. The molecule has 0 aromatic heterocycles. The van der Waals surface area contributed by atoms with E-state index in [-0.39, 0.29) is 10.8 Å². The zero-order chi connectivity index (χ0) is 14.3. The third-order valence-corrected chi connectivity index (χ3v) is 4.27. The fourth-order valence-corrected chi connectivity index (χ4v) is 2.54. The van der Waals surface area contributed by atoms with E-state index in [1.165, 1.54) is 12.1 Å². The third-order valence-electron chi connectivity index (χ3n) is 3.14. The fraction of sp³-hybridized carbons (Fsp3) is 0.333. The highest BCUT2D eigenvalue weighted by Crippen LogP contribution is 2.25. The Hall–Kier alpha value is -1.89. The van der Waals surface area contributed by atoms with Gasteiger partial charge in [-0.3, -0.25) is 15.1 Å². The number of guanidine groups is 1. The number of nitrogens with zero attached hydrogens (tertiary/aromatic N) is 1. The van der Waals surface area contributed by atoms with Crippen LogP contribution in [0.4, 0.5) is 0 Å². The maximum atomic E-state index is 12.0. The van der Waals surface area contributed by atoms with Gasteiger partial charge in [-0.1, -0.05) is 12.1 Å². The van der Waals surface area contributed by atoms with E-state index < -0.39 is 15.4 Å². The number of aliphatic imine (C=N–C) groups is 1. The van der Waals surface area contributed by atoms with Crippen LogP contribution in [0.15, 0.2) is 34.2 Å². The van der Waals surface area contributed by atoms with Crippen molar-refractivity contribution >= 4 is 21.7 Å². The van der Waals surface area contributed by atoms with E-state index in [0.717, 1.165) is 6.26 Å². The van der Waals surface area contributed by atoms with E-state index in [4.69, 9.17) is 0 Å². The van der Waals surface area contributed by atoms with Crippen molar-refractivity contribution in [2.24, 2.45) is 4.99 Å². The predicted molar refractivity (Wildman–Crippen MR) is 71.5 cm³/mol. The summed E-state index contributed by atoms with van der Waals surface area (Å²) >= 11 is 0. The van der Waals surface area contributed by atoms with Gasteiger partial charge < -0.3 is 5.32 Å². The topological polar surface area (TPSA) is 87.6 Å². The Morgan fingerprint density at radius 2 is 1.79 bits per heavy atom. The van der Waals surface area contributed by atoms with Crippen LogP contribution in [0.25, 0.3) is 0 Å². The minimum absolute atomic E-state index is 0.222. The predicted octanol–water partition coefficient (Wildman–Crippen LogP) is 0.0105. The number of hydrogen-bond acceptors (Lipinski definition) is 4. The van der Waals surface area contributed by atoms with E-state index in [9.17, 15) is 13.2 Å². The van der Waals surface area contributed by atoms with Crippen LogP contribution in [0.1, 0.15) is 12.5 Å². The summed E-state index contributed by atoms with van der Waals surface area (Å²) in [6.07, 6.45) is 1.14. The second-order valence-corrected chi connectivity index (χ2v) is 6.59. The van der Waals surface area contributed by atoms with Crippen molar-refractivity contribution in [1.29, 1.82) is 0 Å². The van der Waals surface area contributed by atoms with E-state index in [0.29, 0.717) is 11.5 Å². The lowest BCUT2D eigenvalue weighted by Crippen LogP contribution is -2.40. The van der Waals surface area contributed by atoms with Crippen LogP contribution in [0.3, 0.4) is 0 Å². The maximum absolute atomic E-state index is 12.0. The molecule has 1 fully saturated rings. The molecule has 1 aromatic carbocycles. The van der Waals surface area contributed by atoms with Crippen LogP contribution in [0, 0.1) is 0 Å². The molecule has 19 heavy (non-hydrogen) atoms. The molecule has 102 valence electrons. The molecule has 0 bridgehead atoms. The van der Waals surface area contributed by atoms with Gasteiger partial charge in [-0.2, -0.15) is 0 Å². The van der Waals surface area contributed by atoms with Crippen LogP contribution in [0.5, 0.6) is 0 Å². The molecule has 1 aliphatic heterocycles. The Bertz CT molecular complexity index is 649. The molecule has 2 rings (SSSR count). The molecular weight excluding hydrogens is 266 g/mol. The Morgan fingerprint density at radius 1 is 1.21 bits per heavy atom. The first kappa shape index (κ1) is 13.5. The van der Waals surface area contributed by atoms with Crippen molar-refractivity contribution in [3.05, 3.63) is 29.8 Å². The lowest BCUT2D eigenvalue weighted by molar-refractivity contribution is -0.123. The number of carbonyl (C=O) groups is 1. The van der Waals surface area contributed by atoms with Gasteiger partial charge in [-0.05, 0) is 24.6 Å². The van der Waals surface area contributed by atoms with Gasteiger partial charge >= 0.3 is 0 Å². The Labute approximate surface area is 111 Å². The van der Waals surface area contributed by atoms with E-state index in [2.05, 4.69) is 15.6 Å². The molecule has 1 saturated heterocycles. The molecule has 1 aliphatic rings. The zero-order valence-corrected chi connectivity index (χ0v) is 11.7. The molecule has 1 unspecified atom stereocenters. The molecule has 6 nitrogen and oxygen atoms in total. The highest BCUT2D eigenvalue weighted by molar-refractivity contribution is 7.90. The monoisotopic (exact) mass is 281 g/mol. The number of sulfone groups is 1. The van der Waals surface area contributed by atoms with Crippen molar-refractivity contribution in [1.82, 2.24) is 10.6 Å². The van der Waals surface area contributed by atoms with Crippen LogP contribution >= 0.6 is 0 Å². The van der Waals surface area contributed by atoms with Gasteiger partial charge in [0.1, 0.15) is 5.54 Å². The molecular formula is C12H15N3O3S. The van der Waals surface area contributed by atoms with Crippen molar-refractivity contribution < 1.29 is 13.2 Å². The summed E-state index contributed by atoms with van der Waals surface area (Å²) in [5.41, 5.74) is -0.263. The van der Waals surface area contributed by atoms with E-state index >= 15 is 0 Å². The number of rotatable bonds is 2. The number of carbonyl (C=O) groups excluding carboxylic acids is 1. The van der Waals surface area contributed by atoms with Crippen LogP contribution in [-0.2, 0) is 20.2 Å². The summed E-state index contributed by atoms with van der Waals surface area (Å²) in [5.74, 6) is 0.180. The number of hydrogen-bond donors (Lipinski definition) is 2. The lowest BCUT2D eigenvalue weighted by atomic mass is 9.92. The number of nitrogens with one attached hydrogen (secondary N) is 2. The van der Waals surface area contributed by atoms with Crippen LogP contribution in [-0.4, -0.2) is 33.6 Å². The van der Waals surface area contributed by atoms with Gasteiger partial charge in [-0.15, -0.1) is 0 Å². The highest BCUT2D eigenvalue weighted by Gasteiger charge is 2.42. The summed E-state index contributed by atoms with van der Waals surface area (Å²) in [5, 5.41) is 5.60. The van der Waals surface area contributed by atoms with E-state index in [1.807, 2.05) is 0 Å². The maximum Gasteiger partial charge on any atom is 0.256 e. The minimum atomic E-state index is -3.24. The lowest BCUT2D eigenvalue weighted by Gasteiger charge is -2.21. The zero-order valence-electron chi connectivity index (χ0n) is 10.9. The molecule has 0 spiro atoms. The summed E-state index contributed by atoms with van der Waals surface area (Å²) < 4.78 is 22.8. The summed E-state index contributed by atoms with van der Waals surface area (Å²) in [6, 6.07) is 6.24.